The first kappa shape index (κ1) is 18.3. The van der Waals surface area contributed by atoms with Gasteiger partial charge < -0.3 is 29.4 Å². The summed E-state index contributed by atoms with van der Waals surface area (Å²) in [6.45, 7) is 0.882. The average Bonchev–Trinajstić information content (AvgIpc) is 3.10. The molecule has 0 amide bonds. The smallest absolute Gasteiger partial charge is 0.193 e. The molecule has 0 spiro atoms. The number of ether oxygens (including phenoxy) is 3. The second-order valence-corrected chi connectivity index (χ2v) is 8.60. The van der Waals surface area contributed by atoms with Crippen molar-refractivity contribution >= 4 is 11.0 Å². The van der Waals surface area contributed by atoms with E-state index >= 15 is 0 Å². The SMILES string of the molecule is OCC1(c2ccc(-c3ccc4cc(O[C@@H]5CO[C@H]6[C@@H]5OC[C@H]6O)[nH]c4n3)cc2)CC1. The summed E-state index contributed by atoms with van der Waals surface area (Å²) in [5.74, 6) is 0.614. The van der Waals surface area contributed by atoms with Crippen molar-refractivity contribution in [2.75, 3.05) is 19.8 Å². The van der Waals surface area contributed by atoms with Crippen molar-refractivity contribution in [3.8, 4) is 17.1 Å². The zero-order valence-electron chi connectivity index (χ0n) is 16.5. The van der Waals surface area contributed by atoms with Crippen LogP contribution in [0.25, 0.3) is 22.3 Å². The van der Waals surface area contributed by atoms with Gasteiger partial charge in [0.2, 0.25) is 0 Å². The molecule has 3 N–H and O–H groups in total. The third kappa shape index (κ3) is 2.93. The summed E-state index contributed by atoms with van der Waals surface area (Å²) in [7, 11) is 0. The number of rotatable bonds is 5. The average molecular weight is 408 g/mol. The van der Waals surface area contributed by atoms with Crippen molar-refractivity contribution in [2.24, 2.45) is 0 Å². The van der Waals surface area contributed by atoms with Crippen molar-refractivity contribution in [3.05, 3.63) is 48.0 Å². The molecule has 0 bridgehead atoms. The van der Waals surface area contributed by atoms with E-state index in [0.717, 1.165) is 35.1 Å². The second kappa shape index (κ2) is 6.78. The molecule has 7 nitrogen and oxygen atoms in total. The number of aliphatic hydroxyl groups is 2. The summed E-state index contributed by atoms with van der Waals surface area (Å²) in [6, 6.07) is 14.3. The molecule has 3 aromatic rings. The van der Waals surface area contributed by atoms with Crippen LogP contribution in [-0.2, 0) is 14.9 Å². The van der Waals surface area contributed by atoms with E-state index in [1.54, 1.807) is 0 Å². The monoisotopic (exact) mass is 408 g/mol. The minimum absolute atomic E-state index is 0.0242. The Morgan fingerprint density at radius 3 is 2.63 bits per heavy atom. The highest BCUT2D eigenvalue weighted by atomic mass is 16.6. The molecule has 1 aromatic carbocycles. The van der Waals surface area contributed by atoms with Crippen molar-refractivity contribution in [1.82, 2.24) is 9.97 Å². The Morgan fingerprint density at radius 2 is 1.87 bits per heavy atom. The van der Waals surface area contributed by atoms with Crippen LogP contribution in [0.5, 0.6) is 5.88 Å². The van der Waals surface area contributed by atoms with Gasteiger partial charge in [0.05, 0.1) is 25.5 Å². The standard InChI is InChI=1S/C23H24N2O5/c26-12-23(7-8-23)15-4-1-13(2-5-15)16-6-3-14-9-19(25-22(14)24-16)30-18-11-29-20-17(27)10-28-21(18)20/h1-6,9,17-18,20-21,26-27H,7-8,10-12H2,(H,24,25)/t17-,18-,20-,21-/m1/s1. The largest absolute Gasteiger partial charge is 0.470 e. The molecule has 7 heteroatoms. The number of benzene rings is 1. The first-order valence-corrected chi connectivity index (χ1v) is 10.4. The lowest BCUT2D eigenvalue weighted by atomic mass is 9.95. The quantitative estimate of drug-likeness (QED) is 0.599. The van der Waals surface area contributed by atoms with E-state index in [9.17, 15) is 10.2 Å². The van der Waals surface area contributed by atoms with Crippen LogP contribution in [0.4, 0.5) is 0 Å². The predicted molar refractivity (Wildman–Crippen MR) is 109 cm³/mol. The van der Waals surface area contributed by atoms with Crippen molar-refractivity contribution in [3.63, 3.8) is 0 Å². The maximum atomic E-state index is 9.88. The molecule has 30 heavy (non-hydrogen) atoms. The Morgan fingerprint density at radius 1 is 1.07 bits per heavy atom. The molecule has 1 aliphatic carbocycles. The van der Waals surface area contributed by atoms with E-state index in [1.807, 2.05) is 18.2 Å². The van der Waals surface area contributed by atoms with Crippen LogP contribution in [0.1, 0.15) is 18.4 Å². The molecule has 2 aromatic heterocycles. The fourth-order valence-corrected chi connectivity index (χ4v) is 4.60. The minimum Gasteiger partial charge on any atom is -0.470 e. The molecule has 6 rings (SSSR count). The van der Waals surface area contributed by atoms with Crippen molar-refractivity contribution in [2.45, 2.75) is 42.7 Å². The second-order valence-electron chi connectivity index (χ2n) is 8.60. The lowest BCUT2D eigenvalue weighted by Crippen LogP contribution is -2.34. The lowest BCUT2D eigenvalue weighted by Gasteiger charge is -2.16. The van der Waals surface area contributed by atoms with Crippen LogP contribution in [0.3, 0.4) is 0 Å². The van der Waals surface area contributed by atoms with Gasteiger partial charge in [0.15, 0.2) is 12.0 Å². The third-order valence-electron chi connectivity index (χ3n) is 6.66. The molecule has 4 heterocycles. The van der Waals surface area contributed by atoms with E-state index in [2.05, 4.69) is 29.2 Å². The lowest BCUT2D eigenvalue weighted by molar-refractivity contribution is 0.00794. The summed E-state index contributed by atoms with van der Waals surface area (Å²) in [6.07, 6.45) is 0.698. The van der Waals surface area contributed by atoms with E-state index in [4.69, 9.17) is 19.2 Å². The van der Waals surface area contributed by atoms with Crippen LogP contribution in [0.15, 0.2) is 42.5 Å². The molecule has 0 radical (unpaired) electrons. The van der Waals surface area contributed by atoms with Gasteiger partial charge in [-0.25, -0.2) is 4.98 Å². The number of H-pyrrole nitrogens is 1. The molecule has 2 saturated heterocycles. The molecule has 3 fully saturated rings. The summed E-state index contributed by atoms with van der Waals surface area (Å²) in [4.78, 5) is 8.00. The Bertz CT molecular complexity index is 1070. The molecule has 0 unspecified atom stereocenters. The van der Waals surface area contributed by atoms with Gasteiger partial charge in [0.1, 0.15) is 24.0 Å². The zero-order valence-corrected chi connectivity index (χ0v) is 16.5. The molecular formula is C23H24N2O5. The Kier molecular flexibility index (Phi) is 4.14. The van der Waals surface area contributed by atoms with E-state index in [1.165, 1.54) is 5.56 Å². The summed E-state index contributed by atoms with van der Waals surface area (Å²) in [5.41, 5.74) is 3.84. The van der Waals surface area contributed by atoms with Gasteiger partial charge in [-0.2, -0.15) is 0 Å². The highest BCUT2D eigenvalue weighted by molar-refractivity contribution is 5.80. The summed E-state index contributed by atoms with van der Waals surface area (Å²) >= 11 is 0. The predicted octanol–water partition coefficient (Wildman–Crippen LogP) is 2.16. The first-order chi connectivity index (χ1) is 14.6. The topological polar surface area (TPSA) is 96.8 Å². The van der Waals surface area contributed by atoms with E-state index < -0.39 is 6.10 Å². The van der Waals surface area contributed by atoms with Crippen LogP contribution < -0.4 is 4.74 Å². The molecular weight excluding hydrogens is 384 g/mol. The van der Waals surface area contributed by atoms with E-state index in [-0.39, 0.29) is 36.9 Å². The number of nitrogens with one attached hydrogen (secondary N) is 1. The van der Waals surface area contributed by atoms with Crippen LogP contribution >= 0.6 is 0 Å². The Hall–Kier alpha value is -2.45. The fourth-order valence-electron chi connectivity index (χ4n) is 4.60. The van der Waals surface area contributed by atoms with Crippen LogP contribution in [0, 0.1) is 0 Å². The zero-order chi connectivity index (χ0) is 20.3. The molecule has 156 valence electrons. The normalized spacial score (nSPS) is 29.3. The minimum atomic E-state index is -0.589. The highest BCUT2D eigenvalue weighted by Gasteiger charge is 2.48. The van der Waals surface area contributed by atoms with Gasteiger partial charge in [0, 0.05) is 22.4 Å². The molecule has 2 aliphatic heterocycles. The Labute approximate surface area is 173 Å². The van der Waals surface area contributed by atoms with Gasteiger partial charge >= 0.3 is 0 Å². The van der Waals surface area contributed by atoms with Gasteiger partial charge in [0.25, 0.3) is 0 Å². The van der Waals surface area contributed by atoms with E-state index in [0.29, 0.717) is 12.5 Å². The maximum Gasteiger partial charge on any atom is 0.193 e. The van der Waals surface area contributed by atoms with Gasteiger partial charge in [-0.1, -0.05) is 24.3 Å². The number of pyridine rings is 1. The number of hydrogen-bond donors (Lipinski definition) is 3. The number of aromatic amines is 1. The van der Waals surface area contributed by atoms with Crippen molar-refractivity contribution in [1.29, 1.82) is 0 Å². The number of hydrogen-bond acceptors (Lipinski definition) is 6. The maximum absolute atomic E-state index is 9.88. The van der Waals surface area contributed by atoms with Gasteiger partial charge in [-0.3, -0.25) is 0 Å². The number of aliphatic hydroxyl groups excluding tert-OH is 2. The molecule has 3 aliphatic rings. The van der Waals surface area contributed by atoms with Crippen LogP contribution in [-0.4, -0.2) is 64.4 Å². The third-order valence-corrected chi connectivity index (χ3v) is 6.66. The first-order valence-electron chi connectivity index (χ1n) is 10.4. The number of fused-ring (bicyclic) bond motifs is 2. The number of aromatic nitrogens is 2. The van der Waals surface area contributed by atoms with Gasteiger partial charge in [-0.05, 0) is 30.5 Å². The number of nitrogens with zero attached hydrogens (tertiary/aromatic N) is 1. The van der Waals surface area contributed by atoms with Crippen LogP contribution in [0.2, 0.25) is 0 Å². The van der Waals surface area contributed by atoms with Crippen molar-refractivity contribution < 1.29 is 24.4 Å². The summed E-state index contributed by atoms with van der Waals surface area (Å²) in [5, 5.41) is 20.5. The fraction of sp³-hybridized carbons (Fsp3) is 0.435. The Balaban J connectivity index is 1.22. The highest BCUT2D eigenvalue weighted by Crippen LogP contribution is 2.47. The summed E-state index contributed by atoms with van der Waals surface area (Å²) < 4.78 is 17.3. The molecule has 4 atom stereocenters. The van der Waals surface area contributed by atoms with Gasteiger partial charge in [-0.15, -0.1) is 0 Å². The molecule has 1 saturated carbocycles.